The van der Waals surface area contributed by atoms with Gasteiger partial charge in [0.1, 0.15) is 6.54 Å². The highest BCUT2D eigenvalue weighted by Gasteiger charge is 2.24. The summed E-state index contributed by atoms with van der Waals surface area (Å²) in [4.78, 5) is 25.0. The molecule has 1 heterocycles. The summed E-state index contributed by atoms with van der Waals surface area (Å²) >= 11 is 0. The third-order valence-corrected chi connectivity index (χ3v) is 3.71. The van der Waals surface area contributed by atoms with Crippen molar-refractivity contribution in [2.45, 2.75) is 25.9 Å². The van der Waals surface area contributed by atoms with Gasteiger partial charge in [-0.3, -0.25) is 4.79 Å². The number of amides is 2. The zero-order valence-electron chi connectivity index (χ0n) is 13.5. The van der Waals surface area contributed by atoms with Crippen LogP contribution in [0.3, 0.4) is 0 Å². The third kappa shape index (κ3) is 5.90. The molecule has 1 fully saturated rings. The maximum atomic E-state index is 12.1. The molecule has 0 radical (unpaired) electrons. The van der Waals surface area contributed by atoms with E-state index >= 15 is 0 Å². The van der Waals surface area contributed by atoms with Crippen molar-refractivity contribution < 1.29 is 19.1 Å². The molecular weight excluding hydrogens is 296 g/mol. The molecule has 1 aliphatic heterocycles. The lowest BCUT2D eigenvalue weighted by atomic mass is 10.1. The van der Waals surface area contributed by atoms with Gasteiger partial charge in [-0.05, 0) is 25.3 Å². The lowest BCUT2D eigenvalue weighted by molar-refractivity contribution is -0.141. The highest BCUT2D eigenvalue weighted by atomic mass is 16.5. The lowest BCUT2D eigenvalue weighted by Gasteiger charge is -2.33. The molecule has 1 saturated heterocycles. The van der Waals surface area contributed by atoms with E-state index in [1.165, 1.54) is 5.56 Å². The van der Waals surface area contributed by atoms with Crippen LogP contribution >= 0.6 is 0 Å². The van der Waals surface area contributed by atoms with Crippen molar-refractivity contribution in [2.75, 3.05) is 32.8 Å². The van der Waals surface area contributed by atoms with Crippen LogP contribution in [0.4, 0.5) is 4.79 Å². The zero-order valence-corrected chi connectivity index (χ0v) is 13.5. The number of esters is 1. The molecule has 0 aromatic heterocycles. The van der Waals surface area contributed by atoms with E-state index in [9.17, 15) is 9.59 Å². The SMILES string of the molecule is CCOC(=O)CNC(=O)N1CCOC(CCc2ccccc2)C1. The number of nitrogens with one attached hydrogen (secondary N) is 1. The normalized spacial score (nSPS) is 17.6. The number of benzene rings is 1. The molecule has 6 heteroatoms. The molecule has 1 aromatic carbocycles. The summed E-state index contributed by atoms with van der Waals surface area (Å²) in [5.74, 6) is -0.422. The van der Waals surface area contributed by atoms with Crippen molar-refractivity contribution in [3.05, 3.63) is 35.9 Å². The lowest BCUT2D eigenvalue weighted by Crippen LogP contribution is -2.50. The number of urea groups is 1. The summed E-state index contributed by atoms with van der Waals surface area (Å²) in [6.45, 7) is 3.55. The van der Waals surface area contributed by atoms with Crippen LogP contribution in [-0.4, -0.2) is 55.9 Å². The highest BCUT2D eigenvalue weighted by Crippen LogP contribution is 2.12. The van der Waals surface area contributed by atoms with Gasteiger partial charge in [0.2, 0.25) is 0 Å². The van der Waals surface area contributed by atoms with E-state index in [1.807, 2.05) is 18.2 Å². The quantitative estimate of drug-likeness (QED) is 0.808. The molecule has 1 N–H and O–H groups in total. The summed E-state index contributed by atoms with van der Waals surface area (Å²) in [5.41, 5.74) is 1.26. The van der Waals surface area contributed by atoms with Gasteiger partial charge in [0.15, 0.2) is 0 Å². The molecule has 0 spiro atoms. The van der Waals surface area contributed by atoms with E-state index in [0.717, 1.165) is 12.8 Å². The van der Waals surface area contributed by atoms with E-state index in [0.29, 0.717) is 26.3 Å². The number of nitrogens with zero attached hydrogens (tertiary/aromatic N) is 1. The smallest absolute Gasteiger partial charge is 0.325 e. The fourth-order valence-electron chi connectivity index (χ4n) is 2.52. The number of carbonyl (C=O) groups excluding carboxylic acids is 2. The molecule has 1 aliphatic rings. The molecule has 2 rings (SSSR count). The summed E-state index contributed by atoms with van der Waals surface area (Å²) in [5, 5.41) is 2.59. The number of carbonyl (C=O) groups is 2. The Morgan fingerprint density at radius 1 is 1.35 bits per heavy atom. The second-order valence-corrected chi connectivity index (χ2v) is 5.43. The third-order valence-electron chi connectivity index (χ3n) is 3.71. The van der Waals surface area contributed by atoms with Crippen molar-refractivity contribution in [1.29, 1.82) is 0 Å². The molecule has 1 aromatic rings. The van der Waals surface area contributed by atoms with Crippen LogP contribution in [0.15, 0.2) is 30.3 Å². The van der Waals surface area contributed by atoms with Gasteiger partial charge >= 0.3 is 12.0 Å². The molecule has 23 heavy (non-hydrogen) atoms. The highest BCUT2D eigenvalue weighted by molar-refractivity contribution is 5.80. The first-order valence-corrected chi connectivity index (χ1v) is 8.03. The van der Waals surface area contributed by atoms with Crippen molar-refractivity contribution >= 4 is 12.0 Å². The largest absolute Gasteiger partial charge is 0.465 e. The van der Waals surface area contributed by atoms with Gasteiger partial charge in [-0.15, -0.1) is 0 Å². The maximum Gasteiger partial charge on any atom is 0.325 e. The van der Waals surface area contributed by atoms with Gasteiger partial charge in [0.05, 0.1) is 19.3 Å². The van der Waals surface area contributed by atoms with Crippen LogP contribution in [0.2, 0.25) is 0 Å². The average molecular weight is 320 g/mol. The van der Waals surface area contributed by atoms with Crippen LogP contribution in [0.25, 0.3) is 0 Å². The van der Waals surface area contributed by atoms with Gasteiger partial charge in [-0.1, -0.05) is 30.3 Å². The van der Waals surface area contributed by atoms with E-state index < -0.39 is 5.97 Å². The van der Waals surface area contributed by atoms with E-state index in [2.05, 4.69) is 17.4 Å². The summed E-state index contributed by atoms with van der Waals surface area (Å²) in [6.07, 6.45) is 1.81. The van der Waals surface area contributed by atoms with Gasteiger partial charge in [-0.25, -0.2) is 4.79 Å². The Kier molecular flexibility index (Phi) is 6.87. The van der Waals surface area contributed by atoms with Crippen molar-refractivity contribution in [1.82, 2.24) is 10.2 Å². The number of morpholine rings is 1. The standard InChI is InChI=1S/C17H24N2O4/c1-2-22-16(20)12-18-17(21)19-10-11-23-15(13-19)9-8-14-6-4-3-5-7-14/h3-7,15H,2,8-13H2,1H3,(H,18,21). The molecule has 0 saturated carbocycles. The zero-order chi connectivity index (χ0) is 16.5. The summed E-state index contributed by atoms with van der Waals surface area (Å²) in [6, 6.07) is 9.97. The summed E-state index contributed by atoms with van der Waals surface area (Å²) in [7, 11) is 0. The number of hydrogen-bond donors (Lipinski definition) is 1. The fraction of sp³-hybridized carbons (Fsp3) is 0.529. The molecule has 6 nitrogen and oxygen atoms in total. The van der Waals surface area contributed by atoms with E-state index in [1.54, 1.807) is 11.8 Å². The van der Waals surface area contributed by atoms with Gasteiger partial charge in [-0.2, -0.15) is 0 Å². The Morgan fingerprint density at radius 3 is 2.87 bits per heavy atom. The first-order chi connectivity index (χ1) is 11.2. The Bertz CT molecular complexity index is 507. The molecule has 0 bridgehead atoms. The molecule has 1 atom stereocenters. The van der Waals surface area contributed by atoms with Gasteiger partial charge in [0.25, 0.3) is 0 Å². The summed E-state index contributed by atoms with van der Waals surface area (Å²) < 4.78 is 10.5. The fourth-order valence-corrected chi connectivity index (χ4v) is 2.52. The van der Waals surface area contributed by atoms with Crippen LogP contribution in [-0.2, 0) is 20.7 Å². The Labute approximate surface area is 136 Å². The number of ether oxygens (including phenoxy) is 2. The van der Waals surface area contributed by atoms with Gasteiger partial charge < -0.3 is 19.7 Å². The second kappa shape index (κ2) is 9.15. The minimum Gasteiger partial charge on any atom is -0.465 e. The van der Waals surface area contributed by atoms with Crippen molar-refractivity contribution in [3.63, 3.8) is 0 Å². The minimum absolute atomic E-state index is 0.0253. The molecule has 2 amide bonds. The Hall–Kier alpha value is -2.08. The number of hydrogen-bond acceptors (Lipinski definition) is 4. The second-order valence-electron chi connectivity index (χ2n) is 5.43. The first kappa shape index (κ1) is 17.3. The van der Waals surface area contributed by atoms with Crippen molar-refractivity contribution in [3.8, 4) is 0 Å². The van der Waals surface area contributed by atoms with Crippen LogP contribution < -0.4 is 5.32 Å². The van der Waals surface area contributed by atoms with E-state index in [4.69, 9.17) is 9.47 Å². The number of aryl methyl sites for hydroxylation is 1. The molecule has 0 aliphatic carbocycles. The Balaban J connectivity index is 1.74. The predicted molar refractivity (Wildman–Crippen MR) is 86.1 cm³/mol. The molecule has 1 unspecified atom stereocenters. The monoisotopic (exact) mass is 320 g/mol. The maximum absolute atomic E-state index is 12.1. The van der Waals surface area contributed by atoms with Gasteiger partial charge in [0, 0.05) is 13.1 Å². The van der Waals surface area contributed by atoms with Crippen LogP contribution in [0, 0.1) is 0 Å². The first-order valence-electron chi connectivity index (χ1n) is 8.03. The number of rotatable bonds is 6. The minimum atomic E-state index is -0.422. The van der Waals surface area contributed by atoms with Crippen LogP contribution in [0.1, 0.15) is 18.9 Å². The molecule has 126 valence electrons. The van der Waals surface area contributed by atoms with Crippen molar-refractivity contribution in [2.24, 2.45) is 0 Å². The Morgan fingerprint density at radius 2 is 2.13 bits per heavy atom. The topological polar surface area (TPSA) is 67.9 Å². The molecular formula is C17H24N2O4. The van der Waals surface area contributed by atoms with Crippen LogP contribution in [0.5, 0.6) is 0 Å². The predicted octanol–water partition coefficient (Wildman–Crippen LogP) is 1.59. The van der Waals surface area contributed by atoms with E-state index in [-0.39, 0.29) is 18.7 Å². The average Bonchev–Trinajstić information content (AvgIpc) is 2.59.